The maximum absolute atomic E-state index is 10.4. The molecule has 0 rings (SSSR count). The van der Waals surface area contributed by atoms with Gasteiger partial charge in [0.25, 0.3) is 0 Å². The predicted molar refractivity (Wildman–Crippen MR) is 64.7 cm³/mol. The molecule has 110 valence electrons. The zero-order valence-electron chi connectivity index (χ0n) is 10.7. The van der Waals surface area contributed by atoms with Crippen LogP contribution in [0.5, 0.6) is 0 Å². The summed E-state index contributed by atoms with van der Waals surface area (Å²) in [6, 6.07) is 0. The van der Waals surface area contributed by atoms with Crippen molar-refractivity contribution in [2.45, 2.75) is 38.5 Å². The summed E-state index contributed by atoms with van der Waals surface area (Å²) in [5.41, 5.74) is -1.08. The molecular formula is C10H22NO6S-. The van der Waals surface area contributed by atoms with Gasteiger partial charge in [-0.15, -0.1) is 0 Å². The molecule has 0 saturated heterocycles. The van der Waals surface area contributed by atoms with E-state index < -0.39 is 40.9 Å². The molecule has 1 atom stereocenters. The Bertz CT molecular complexity index is 325. The van der Waals surface area contributed by atoms with E-state index in [4.69, 9.17) is 0 Å². The lowest BCUT2D eigenvalue weighted by Gasteiger charge is -2.35. The molecule has 1 unspecified atom stereocenters. The quantitative estimate of drug-likeness (QED) is 0.302. The van der Waals surface area contributed by atoms with E-state index >= 15 is 0 Å². The van der Waals surface area contributed by atoms with Crippen LogP contribution in [0.2, 0.25) is 0 Å². The van der Waals surface area contributed by atoms with Crippen LogP contribution in [0, 0.1) is 5.92 Å². The smallest absolute Gasteiger partial charge is 0.106 e. The number of nitrogens with one attached hydrogen (secondary N) is 1. The molecule has 4 N–H and O–H groups in total. The van der Waals surface area contributed by atoms with E-state index in [9.17, 15) is 28.3 Å². The maximum Gasteiger partial charge on any atom is 0.106 e. The second-order valence-electron chi connectivity index (χ2n) is 4.91. The molecule has 7 nitrogen and oxygen atoms in total. The molecule has 0 saturated carbocycles. The fourth-order valence-electron chi connectivity index (χ4n) is 1.79. The van der Waals surface area contributed by atoms with Crippen molar-refractivity contribution in [1.82, 2.24) is 5.32 Å². The molecule has 0 aliphatic carbocycles. The number of aliphatic hydroxyl groups excluding tert-OH is 3. The minimum absolute atomic E-state index is 0.159. The zero-order valence-corrected chi connectivity index (χ0v) is 11.5. The summed E-state index contributed by atoms with van der Waals surface area (Å²) in [5.74, 6) is -0.539. The summed E-state index contributed by atoms with van der Waals surface area (Å²) < 4.78 is 31.3. The van der Waals surface area contributed by atoms with E-state index in [1.165, 1.54) is 0 Å². The van der Waals surface area contributed by atoms with Crippen molar-refractivity contribution in [3.05, 3.63) is 0 Å². The lowest BCUT2D eigenvalue weighted by molar-refractivity contribution is 0.0138. The highest BCUT2D eigenvalue weighted by molar-refractivity contribution is 7.85. The van der Waals surface area contributed by atoms with Gasteiger partial charge < -0.3 is 19.9 Å². The Balaban J connectivity index is 4.48. The molecule has 0 spiro atoms. The highest BCUT2D eigenvalue weighted by Crippen LogP contribution is 2.17. The molecule has 8 heteroatoms. The van der Waals surface area contributed by atoms with Gasteiger partial charge in [0.2, 0.25) is 0 Å². The van der Waals surface area contributed by atoms with E-state index in [0.717, 1.165) is 0 Å². The first-order valence-corrected chi connectivity index (χ1v) is 7.33. The zero-order chi connectivity index (χ0) is 14.4. The molecule has 0 radical (unpaired) electrons. The fourth-order valence-corrected chi connectivity index (χ4v) is 2.30. The topological polar surface area (TPSA) is 130 Å². The van der Waals surface area contributed by atoms with E-state index in [2.05, 4.69) is 5.32 Å². The molecule has 0 bridgehead atoms. The second kappa shape index (κ2) is 7.37. The van der Waals surface area contributed by atoms with Crippen LogP contribution in [0.1, 0.15) is 26.7 Å². The summed E-state index contributed by atoms with van der Waals surface area (Å²) in [6.45, 7) is 2.97. The second-order valence-corrected chi connectivity index (χ2v) is 6.43. The first-order chi connectivity index (χ1) is 8.14. The predicted octanol–water partition coefficient (Wildman–Crippen LogP) is -1.40. The van der Waals surface area contributed by atoms with Crippen molar-refractivity contribution in [2.24, 2.45) is 5.92 Å². The van der Waals surface area contributed by atoms with Gasteiger partial charge in [-0.1, -0.05) is 13.8 Å². The van der Waals surface area contributed by atoms with Crippen molar-refractivity contribution in [2.75, 3.05) is 19.0 Å². The van der Waals surface area contributed by atoms with Crippen LogP contribution >= 0.6 is 0 Å². The molecule has 0 amide bonds. The largest absolute Gasteiger partial charge is 0.748 e. The van der Waals surface area contributed by atoms with Gasteiger partial charge in [-0.25, -0.2) is 8.42 Å². The SMILES string of the molecule is CC(C)CC(CO)(CO)NC(O)CCS(=O)(=O)[O-]. The van der Waals surface area contributed by atoms with E-state index in [-0.39, 0.29) is 12.3 Å². The molecular weight excluding hydrogens is 262 g/mol. The summed E-state index contributed by atoms with van der Waals surface area (Å²) in [5, 5.41) is 30.8. The summed E-state index contributed by atoms with van der Waals surface area (Å²) in [7, 11) is -4.39. The Morgan fingerprint density at radius 1 is 1.28 bits per heavy atom. The van der Waals surface area contributed by atoms with Crippen LogP contribution < -0.4 is 5.32 Å². The van der Waals surface area contributed by atoms with E-state index in [1.807, 2.05) is 13.8 Å². The summed E-state index contributed by atoms with van der Waals surface area (Å²) in [4.78, 5) is 0. The van der Waals surface area contributed by atoms with Gasteiger partial charge in [-0.05, 0) is 18.8 Å². The third kappa shape index (κ3) is 7.24. The van der Waals surface area contributed by atoms with Crippen LogP contribution in [0.3, 0.4) is 0 Å². The highest BCUT2D eigenvalue weighted by atomic mass is 32.2. The standard InChI is InChI=1S/C10H23NO6S/c1-8(2)5-10(6-12,7-13)11-9(14)3-4-18(15,16)17/h8-9,11-14H,3-7H2,1-2H3,(H,15,16,17)/p-1. The van der Waals surface area contributed by atoms with E-state index in [0.29, 0.717) is 6.42 Å². The van der Waals surface area contributed by atoms with Crippen molar-refractivity contribution in [3.63, 3.8) is 0 Å². The molecule has 0 aromatic heterocycles. The van der Waals surface area contributed by atoms with Gasteiger partial charge in [0.1, 0.15) is 6.23 Å². The highest BCUT2D eigenvalue weighted by Gasteiger charge is 2.31. The van der Waals surface area contributed by atoms with Crippen molar-refractivity contribution in [1.29, 1.82) is 0 Å². The normalized spacial score (nSPS) is 15.1. The van der Waals surface area contributed by atoms with E-state index in [1.54, 1.807) is 0 Å². The van der Waals surface area contributed by atoms with Gasteiger partial charge in [-0.3, -0.25) is 5.32 Å². The van der Waals surface area contributed by atoms with Crippen LogP contribution in [0.4, 0.5) is 0 Å². The Morgan fingerprint density at radius 3 is 2.11 bits per heavy atom. The number of hydrogen-bond donors (Lipinski definition) is 4. The fraction of sp³-hybridized carbons (Fsp3) is 1.00. The lowest BCUT2D eigenvalue weighted by Crippen LogP contribution is -2.56. The monoisotopic (exact) mass is 284 g/mol. The van der Waals surface area contributed by atoms with Crippen molar-refractivity contribution >= 4 is 10.1 Å². The molecule has 0 heterocycles. The summed E-state index contributed by atoms with van der Waals surface area (Å²) >= 11 is 0. The van der Waals surface area contributed by atoms with Gasteiger partial charge in [-0.2, -0.15) is 0 Å². The average molecular weight is 284 g/mol. The molecule has 0 aromatic rings. The lowest BCUT2D eigenvalue weighted by atomic mass is 9.90. The van der Waals surface area contributed by atoms with Gasteiger partial charge in [0.05, 0.1) is 28.9 Å². The summed E-state index contributed by atoms with van der Waals surface area (Å²) in [6.07, 6.45) is -1.15. The first-order valence-electron chi connectivity index (χ1n) is 5.75. The average Bonchev–Trinajstić information content (AvgIpc) is 2.24. The first kappa shape index (κ1) is 17.8. The molecule has 0 aromatic carbocycles. The minimum atomic E-state index is -4.39. The Morgan fingerprint density at radius 2 is 1.78 bits per heavy atom. The number of aliphatic hydroxyl groups is 3. The molecule has 18 heavy (non-hydrogen) atoms. The molecule has 0 aliphatic rings. The van der Waals surface area contributed by atoms with Crippen LogP contribution in [0.25, 0.3) is 0 Å². The Labute approximate surface area is 108 Å². The number of hydrogen-bond acceptors (Lipinski definition) is 7. The third-order valence-corrected chi connectivity index (χ3v) is 3.25. The molecule has 0 aliphatic heterocycles. The maximum atomic E-state index is 10.4. The van der Waals surface area contributed by atoms with Gasteiger partial charge >= 0.3 is 0 Å². The van der Waals surface area contributed by atoms with Crippen molar-refractivity contribution < 1.29 is 28.3 Å². The van der Waals surface area contributed by atoms with Crippen molar-refractivity contribution in [3.8, 4) is 0 Å². The number of rotatable bonds is 9. The third-order valence-electron chi connectivity index (χ3n) is 2.52. The molecule has 0 fully saturated rings. The minimum Gasteiger partial charge on any atom is -0.748 e. The Kier molecular flexibility index (Phi) is 7.26. The Hall–Kier alpha value is -0.250. The van der Waals surface area contributed by atoms with Crippen LogP contribution in [-0.4, -0.2) is 59.0 Å². The van der Waals surface area contributed by atoms with Crippen LogP contribution in [0.15, 0.2) is 0 Å². The van der Waals surface area contributed by atoms with Crippen LogP contribution in [-0.2, 0) is 10.1 Å². The van der Waals surface area contributed by atoms with Gasteiger partial charge in [0.15, 0.2) is 0 Å². The van der Waals surface area contributed by atoms with Gasteiger partial charge in [0, 0.05) is 5.75 Å².